The number of aliphatic hydroxyl groups is 1. The number of benzene rings is 1. The first-order chi connectivity index (χ1) is 11.3. The lowest BCUT2D eigenvalue weighted by atomic mass is 10.1. The zero-order valence-corrected chi connectivity index (χ0v) is 14.5. The summed E-state index contributed by atoms with van der Waals surface area (Å²) in [6, 6.07) is 13.4. The number of nitrogens with one attached hydrogen (secondary N) is 1. The molecule has 0 radical (unpaired) electrons. The van der Waals surface area contributed by atoms with Gasteiger partial charge in [0, 0.05) is 25.0 Å². The van der Waals surface area contributed by atoms with Crippen molar-refractivity contribution < 1.29 is 9.90 Å². The van der Waals surface area contributed by atoms with Crippen molar-refractivity contribution in [3.8, 4) is 0 Å². The van der Waals surface area contributed by atoms with Gasteiger partial charge in [-0.25, -0.2) is 4.79 Å². The molecule has 0 aliphatic carbocycles. The maximum Gasteiger partial charge on any atom is 0.318 e. The van der Waals surface area contributed by atoms with E-state index in [0.29, 0.717) is 13.1 Å². The molecular weight excluding hydrogens is 302 g/mol. The van der Waals surface area contributed by atoms with Gasteiger partial charge in [0.2, 0.25) is 0 Å². The number of hydrogen-bond acceptors (Lipinski definition) is 3. The topological polar surface area (TPSA) is 65.5 Å². The minimum atomic E-state index is -0.961. The van der Waals surface area contributed by atoms with Crippen molar-refractivity contribution in [2.24, 2.45) is 0 Å². The Bertz CT molecular complexity index is 649. The van der Waals surface area contributed by atoms with E-state index in [2.05, 4.69) is 10.3 Å². The number of hydrogen-bond donors (Lipinski definition) is 2. The molecule has 1 aromatic heterocycles. The van der Waals surface area contributed by atoms with Crippen molar-refractivity contribution in [2.45, 2.75) is 39.5 Å². The van der Waals surface area contributed by atoms with Crippen LogP contribution in [0.1, 0.15) is 30.7 Å². The number of rotatable bonds is 6. The first kappa shape index (κ1) is 17.9. The van der Waals surface area contributed by atoms with Crippen molar-refractivity contribution in [3.05, 3.63) is 65.5 Å². The van der Waals surface area contributed by atoms with Gasteiger partial charge < -0.3 is 15.3 Å². The lowest BCUT2D eigenvalue weighted by Crippen LogP contribution is -2.46. The van der Waals surface area contributed by atoms with Gasteiger partial charge >= 0.3 is 6.03 Å². The summed E-state index contributed by atoms with van der Waals surface area (Å²) < 4.78 is 0. The van der Waals surface area contributed by atoms with Crippen LogP contribution < -0.4 is 5.32 Å². The van der Waals surface area contributed by atoms with E-state index in [0.717, 1.165) is 16.8 Å². The van der Waals surface area contributed by atoms with Gasteiger partial charge in [-0.15, -0.1) is 0 Å². The molecule has 24 heavy (non-hydrogen) atoms. The second-order valence-electron chi connectivity index (χ2n) is 6.62. The van der Waals surface area contributed by atoms with Gasteiger partial charge in [-0.3, -0.25) is 4.98 Å². The summed E-state index contributed by atoms with van der Waals surface area (Å²) in [6.45, 7) is 6.42. The fourth-order valence-corrected chi connectivity index (χ4v) is 2.36. The number of urea groups is 1. The largest absolute Gasteiger partial charge is 0.389 e. The minimum absolute atomic E-state index is 0.207. The summed E-state index contributed by atoms with van der Waals surface area (Å²) in [5.74, 6) is 0. The lowest BCUT2D eigenvalue weighted by molar-refractivity contribution is 0.0446. The molecular formula is C19H25N3O2. The molecule has 1 heterocycles. The number of nitrogens with zero attached hydrogens (tertiary/aromatic N) is 2. The first-order valence-corrected chi connectivity index (χ1v) is 8.04. The summed E-state index contributed by atoms with van der Waals surface area (Å²) in [7, 11) is 0. The van der Waals surface area contributed by atoms with Gasteiger partial charge in [0.1, 0.15) is 0 Å². The molecule has 5 heteroatoms. The van der Waals surface area contributed by atoms with Crippen LogP contribution in [0.15, 0.2) is 48.7 Å². The van der Waals surface area contributed by atoms with Gasteiger partial charge in [-0.2, -0.15) is 0 Å². The lowest BCUT2D eigenvalue weighted by Gasteiger charge is -2.29. The highest BCUT2D eigenvalue weighted by Gasteiger charge is 2.22. The van der Waals surface area contributed by atoms with E-state index in [4.69, 9.17) is 0 Å². The molecule has 0 fully saturated rings. The Morgan fingerprint density at radius 3 is 2.46 bits per heavy atom. The highest BCUT2D eigenvalue weighted by molar-refractivity contribution is 5.74. The van der Waals surface area contributed by atoms with Crippen LogP contribution in [-0.4, -0.2) is 33.2 Å². The predicted molar refractivity (Wildman–Crippen MR) is 94.4 cm³/mol. The molecule has 0 saturated carbocycles. The Kier molecular flexibility index (Phi) is 5.93. The predicted octanol–water partition coefficient (Wildman–Crippen LogP) is 2.87. The Labute approximate surface area is 143 Å². The van der Waals surface area contributed by atoms with E-state index in [-0.39, 0.29) is 12.6 Å². The van der Waals surface area contributed by atoms with Gasteiger partial charge in [0.05, 0.1) is 12.1 Å². The van der Waals surface area contributed by atoms with Crippen LogP contribution in [0.3, 0.4) is 0 Å². The van der Waals surface area contributed by atoms with Crippen LogP contribution in [0.2, 0.25) is 0 Å². The van der Waals surface area contributed by atoms with Crippen LogP contribution in [0.4, 0.5) is 4.79 Å². The average molecular weight is 327 g/mol. The maximum absolute atomic E-state index is 12.5. The minimum Gasteiger partial charge on any atom is -0.389 e. The zero-order chi connectivity index (χ0) is 17.6. The van der Waals surface area contributed by atoms with E-state index in [1.807, 2.05) is 49.4 Å². The highest BCUT2D eigenvalue weighted by Crippen LogP contribution is 2.11. The van der Waals surface area contributed by atoms with Crippen molar-refractivity contribution in [2.75, 3.05) is 6.54 Å². The standard InChI is InChI=1S/C19H25N3O2/c1-15-9-10-17(11-20-15)12-21-18(23)22(14-19(2,3)24)13-16-7-5-4-6-8-16/h4-11,24H,12-14H2,1-3H3,(H,21,23). The highest BCUT2D eigenvalue weighted by atomic mass is 16.3. The quantitative estimate of drug-likeness (QED) is 0.857. The van der Waals surface area contributed by atoms with Gasteiger partial charge in [0.25, 0.3) is 0 Å². The molecule has 0 atom stereocenters. The number of carbonyl (C=O) groups is 1. The molecule has 0 spiro atoms. The molecule has 2 N–H and O–H groups in total. The van der Waals surface area contributed by atoms with E-state index >= 15 is 0 Å². The van der Waals surface area contributed by atoms with Crippen molar-refractivity contribution >= 4 is 6.03 Å². The third kappa shape index (κ3) is 6.01. The molecule has 0 aliphatic rings. The fraction of sp³-hybridized carbons (Fsp3) is 0.368. The number of amides is 2. The Hall–Kier alpha value is -2.40. The van der Waals surface area contributed by atoms with Crippen molar-refractivity contribution in [1.29, 1.82) is 0 Å². The van der Waals surface area contributed by atoms with Crippen LogP contribution in [0.5, 0.6) is 0 Å². The first-order valence-electron chi connectivity index (χ1n) is 8.04. The summed E-state index contributed by atoms with van der Waals surface area (Å²) >= 11 is 0. The summed E-state index contributed by atoms with van der Waals surface area (Å²) in [5, 5.41) is 13.0. The third-order valence-corrected chi connectivity index (χ3v) is 3.50. The van der Waals surface area contributed by atoms with Crippen LogP contribution in [0, 0.1) is 6.92 Å². The molecule has 0 bridgehead atoms. The zero-order valence-electron chi connectivity index (χ0n) is 14.5. The Morgan fingerprint density at radius 2 is 1.88 bits per heavy atom. The number of aromatic nitrogens is 1. The smallest absolute Gasteiger partial charge is 0.318 e. The second-order valence-corrected chi connectivity index (χ2v) is 6.62. The third-order valence-electron chi connectivity index (χ3n) is 3.50. The van der Waals surface area contributed by atoms with Crippen LogP contribution >= 0.6 is 0 Å². The van der Waals surface area contributed by atoms with E-state index < -0.39 is 5.60 Å². The van der Waals surface area contributed by atoms with E-state index in [1.165, 1.54) is 0 Å². The van der Waals surface area contributed by atoms with Gasteiger partial charge in [0.15, 0.2) is 0 Å². The normalized spacial score (nSPS) is 11.2. The monoisotopic (exact) mass is 327 g/mol. The van der Waals surface area contributed by atoms with Crippen LogP contribution in [0.25, 0.3) is 0 Å². The summed E-state index contributed by atoms with van der Waals surface area (Å²) in [5.41, 5.74) is 1.95. The number of pyridine rings is 1. The number of aryl methyl sites for hydroxylation is 1. The van der Waals surface area contributed by atoms with Crippen molar-refractivity contribution in [1.82, 2.24) is 15.2 Å². The fourth-order valence-electron chi connectivity index (χ4n) is 2.36. The summed E-state index contributed by atoms with van der Waals surface area (Å²) in [4.78, 5) is 18.4. The molecule has 2 aromatic rings. The molecule has 0 unspecified atom stereocenters. The Balaban J connectivity index is 2.02. The molecule has 2 amide bonds. The molecule has 128 valence electrons. The Morgan fingerprint density at radius 1 is 1.17 bits per heavy atom. The van der Waals surface area contributed by atoms with Gasteiger partial charge in [-0.05, 0) is 38.0 Å². The summed E-state index contributed by atoms with van der Waals surface area (Å²) in [6.07, 6.45) is 1.76. The SMILES string of the molecule is Cc1ccc(CNC(=O)N(Cc2ccccc2)CC(C)(C)O)cn1. The molecule has 0 aliphatic heterocycles. The maximum atomic E-state index is 12.5. The average Bonchev–Trinajstić information content (AvgIpc) is 2.53. The van der Waals surface area contributed by atoms with Crippen LogP contribution in [-0.2, 0) is 13.1 Å². The molecule has 0 saturated heterocycles. The van der Waals surface area contributed by atoms with E-state index in [1.54, 1.807) is 24.9 Å². The molecule has 5 nitrogen and oxygen atoms in total. The number of carbonyl (C=O) groups excluding carboxylic acids is 1. The van der Waals surface area contributed by atoms with Gasteiger partial charge in [-0.1, -0.05) is 36.4 Å². The van der Waals surface area contributed by atoms with Crippen molar-refractivity contribution in [3.63, 3.8) is 0 Å². The van der Waals surface area contributed by atoms with E-state index in [9.17, 15) is 9.90 Å². The molecule has 2 rings (SSSR count). The molecule has 1 aromatic carbocycles. The second kappa shape index (κ2) is 7.93.